The number of para-hydroxylation sites is 2. The van der Waals surface area contributed by atoms with Gasteiger partial charge < -0.3 is 10.1 Å². The fraction of sp³-hybridized carbons (Fsp3) is 0.294. The lowest BCUT2D eigenvalue weighted by atomic mass is 10.1. The van der Waals surface area contributed by atoms with E-state index in [-0.39, 0.29) is 0 Å². The Hall–Kier alpha value is -1.96. The van der Waals surface area contributed by atoms with E-state index in [2.05, 4.69) is 42.6 Å². The maximum atomic E-state index is 5.85. The number of nitrogens with one attached hydrogen (secondary N) is 1. The van der Waals surface area contributed by atoms with E-state index in [1.165, 1.54) is 5.56 Å². The van der Waals surface area contributed by atoms with E-state index in [1.54, 1.807) is 0 Å². The quantitative estimate of drug-likeness (QED) is 0.751. The van der Waals surface area contributed by atoms with Crippen molar-refractivity contribution < 1.29 is 4.74 Å². The summed E-state index contributed by atoms with van der Waals surface area (Å²) < 4.78 is 5.85. The molecule has 2 aromatic carbocycles. The molecule has 1 N–H and O–H groups in total. The summed E-state index contributed by atoms with van der Waals surface area (Å²) in [7, 11) is 0. The number of rotatable bonds is 7. The van der Waals surface area contributed by atoms with Gasteiger partial charge in [-0.25, -0.2) is 0 Å². The van der Waals surface area contributed by atoms with Gasteiger partial charge in [-0.3, -0.25) is 0 Å². The molecule has 0 aromatic heterocycles. The molecule has 0 saturated carbocycles. The monoisotopic (exact) mass is 255 g/mol. The zero-order chi connectivity index (χ0) is 13.3. The van der Waals surface area contributed by atoms with Crippen molar-refractivity contribution in [2.75, 3.05) is 18.5 Å². The van der Waals surface area contributed by atoms with E-state index in [4.69, 9.17) is 4.74 Å². The first kappa shape index (κ1) is 13.5. The molecule has 0 heterocycles. The van der Waals surface area contributed by atoms with Crippen LogP contribution in [0.15, 0.2) is 54.6 Å². The van der Waals surface area contributed by atoms with Crippen LogP contribution in [0.1, 0.15) is 18.9 Å². The topological polar surface area (TPSA) is 21.3 Å². The molecule has 0 radical (unpaired) electrons. The zero-order valence-corrected chi connectivity index (χ0v) is 11.4. The minimum absolute atomic E-state index is 0.747. The summed E-state index contributed by atoms with van der Waals surface area (Å²) in [5.74, 6) is 0.942. The first-order valence-corrected chi connectivity index (χ1v) is 6.90. The lowest BCUT2D eigenvalue weighted by Gasteiger charge is -2.12. The third-order valence-electron chi connectivity index (χ3n) is 2.96. The zero-order valence-electron chi connectivity index (χ0n) is 11.4. The van der Waals surface area contributed by atoms with Crippen molar-refractivity contribution in [3.8, 4) is 5.75 Å². The van der Waals surface area contributed by atoms with Crippen LogP contribution in [-0.2, 0) is 6.42 Å². The largest absolute Gasteiger partial charge is 0.491 e. The van der Waals surface area contributed by atoms with Gasteiger partial charge in [0.05, 0.1) is 12.3 Å². The van der Waals surface area contributed by atoms with Crippen LogP contribution in [0, 0.1) is 0 Å². The highest BCUT2D eigenvalue weighted by Crippen LogP contribution is 2.23. The average Bonchev–Trinajstić information content (AvgIpc) is 2.47. The van der Waals surface area contributed by atoms with E-state index < -0.39 is 0 Å². The molecule has 0 amide bonds. The number of benzene rings is 2. The summed E-state index contributed by atoms with van der Waals surface area (Å²) in [6, 6.07) is 18.6. The summed E-state index contributed by atoms with van der Waals surface area (Å²) in [6.07, 6.45) is 2.09. The van der Waals surface area contributed by atoms with Gasteiger partial charge in [0.2, 0.25) is 0 Å². The third-order valence-corrected chi connectivity index (χ3v) is 2.96. The highest BCUT2D eigenvalue weighted by atomic mass is 16.5. The van der Waals surface area contributed by atoms with E-state index in [0.29, 0.717) is 0 Å². The van der Waals surface area contributed by atoms with Crippen molar-refractivity contribution in [3.63, 3.8) is 0 Å². The number of anilines is 1. The second-order valence-electron chi connectivity index (χ2n) is 4.46. The van der Waals surface area contributed by atoms with Gasteiger partial charge in [-0.1, -0.05) is 42.5 Å². The van der Waals surface area contributed by atoms with Crippen molar-refractivity contribution in [2.24, 2.45) is 0 Å². The summed E-state index contributed by atoms with van der Waals surface area (Å²) in [5, 5.41) is 3.31. The minimum Gasteiger partial charge on any atom is -0.491 e. The molecule has 0 bridgehead atoms. The van der Waals surface area contributed by atoms with Crippen LogP contribution in [0.4, 0.5) is 5.69 Å². The van der Waals surface area contributed by atoms with Crippen LogP contribution >= 0.6 is 0 Å². The second kappa shape index (κ2) is 7.47. The van der Waals surface area contributed by atoms with Crippen LogP contribution in [-0.4, -0.2) is 13.2 Å². The molecule has 2 nitrogen and oxygen atoms in total. The average molecular weight is 255 g/mol. The summed E-state index contributed by atoms with van der Waals surface area (Å²) in [4.78, 5) is 0. The molecule has 0 unspecified atom stereocenters. The van der Waals surface area contributed by atoms with Crippen molar-refractivity contribution >= 4 is 5.69 Å². The van der Waals surface area contributed by atoms with Gasteiger partial charge in [-0.15, -0.1) is 0 Å². The lowest BCUT2D eigenvalue weighted by Crippen LogP contribution is -2.03. The summed E-state index contributed by atoms with van der Waals surface area (Å²) in [6.45, 7) is 3.74. The van der Waals surface area contributed by atoms with Crippen LogP contribution in [0.2, 0.25) is 0 Å². The molecular formula is C17H21NO. The Morgan fingerprint density at radius 1 is 0.947 bits per heavy atom. The Morgan fingerprint density at radius 3 is 2.47 bits per heavy atom. The van der Waals surface area contributed by atoms with Gasteiger partial charge in [-0.05, 0) is 37.5 Å². The first-order valence-electron chi connectivity index (χ1n) is 6.90. The third kappa shape index (κ3) is 4.32. The molecule has 2 aromatic rings. The predicted octanol–water partition coefficient (Wildman–Crippen LogP) is 4.13. The van der Waals surface area contributed by atoms with Gasteiger partial charge in [0.1, 0.15) is 5.75 Å². The Kier molecular flexibility index (Phi) is 5.30. The van der Waals surface area contributed by atoms with Crippen molar-refractivity contribution in [1.82, 2.24) is 0 Å². The molecule has 0 aliphatic heterocycles. The van der Waals surface area contributed by atoms with Crippen molar-refractivity contribution in [3.05, 3.63) is 60.2 Å². The van der Waals surface area contributed by atoms with Crippen LogP contribution < -0.4 is 10.1 Å². The SMILES string of the molecule is CCNc1ccccc1OCCCc1ccccc1. The Balaban J connectivity index is 1.79. The maximum absolute atomic E-state index is 5.85. The first-order chi connectivity index (χ1) is 9.40. The van der Waals surface area contributed by atoms with Crippen molar-refractivity contribution in [1.29, 1.82) is 0 Å². The minimum atomic E-state index is 0.747. The Labute approximate surface area is 115 Å². The molecule has 0 atom stereocenters. The number of aryl methyl sites for hydroxylation is 1. The molecule has 19 heavy (non-hydrogen) atoms. The molecule has 2 rings (SSSR count). The smallest absolute Gasteiger partial charge is 0.142 e. The molecule has 2 heteroatoms. The van der Waals surface area contributed by atoms with Crippen LogP contribution in [0.3, 0.4) is 0 Å². The number of hydrogen-bond donors (Lipinski definition) is 1. The lowest BCUT2D eigenvalue weighted by molar-refractivity contribution is 0.312. The molecule has 0 saturated heterocycles. The highest BCUT2D eigenvalue weighted by molar-refractivity contribution is 5.55. The molecular weight excluding hydrogens is 234 g/mol. The van der Waals surface area contributed by atoms with Gasteiger partial charge in [-0.2, -0.15) is 0 Å². The number of hydrogen-bond acceptors (Lipinski definition) is 2. The van der Waals surface area contributed by atoms with Gasteiger partial charge in [0.15, 0.2) is 0 Å². The fourth-order valence-corrected chi connectivity index (χ4v) is 2.03. The van der Waals surface area contributed by atoms with Crippen molar-refractivity contribution in [2.45, 2.75) is 19.8 Å². The molecule has 0 spiro atoms. The van der Waals surface area contributed by atoms with Gasteiger partial charge >= 0.3 is 0 Å². The van der Waals surface area contributed by atoms with E-state index in [9.17, 15) is 0 Å². The van der Waals surface area contributed by atoms with Crippen LogP contribution in [0.25, 0.3) is 0 Å². The Morgan fingerprint density at radius 2 is 1.68 bits per heavy atom. The van der Waals surface area contributed by atoms with Gasteiger partial charge in [0, 0.05) is 6.54 Å². The molecule has 0 aliphatic carbocycles. The summed E-state index contributed by atoms with van der Waals surface area (Å²) >= 11 is 0. The van der Waals surface area contributed by atoms with Crippen LogP contribution in [0.5, 0.6) is 5.75 Å². The van der Waals surface area contributed by atoms with E-state index in [1.807, 2.05) is 24.3 Å². The maximum Gasteiger partial charge on any atom is 0.142 e. The van der Waals surface area contributed by atoms with Gasteiger partial charge in [0.25, 0.3) is 0 Å². The predicted molar refractivity (Wildman–Crippen MR) is 80.9 cm³/mol. The molecule has 100 valence electrons. The fourth-order valence-electron chi connectivity index (χ4n) is 2.03. The standard InChI is InChI=1S/C17H21NO/c1-2-18-16-12-6-7-13-17(16)19-14-8-11-15-9-4-3-5-10-15/h3-7,9-10,12-13,18H,2,8,11,14H2,1H3. The Bertz CT molecular complexity index is 482. The molecule has 0 fully saturated rings. The molecule has 0 aliphatic rings. The summed E-state index contributed by atoms with van der Waals surface area (Å²) in [5.41, 5.74) is 2.44. The highest BCUT2D eigenvalue weighted by Gasteiger charge is 2.01. The second-order valence-corrected chi connectivity index (χ2v) is 4.46. The van der Waals surface area contributed by atoms with E-state index in [0.717, 1.165) is 37.4 Å². The number of ether oxygens (including phenoxy) is 1. The van der Waals surface area contributed by atoms with E-state index >= 15 is 0 Å². The normalized spacial score (nSPS) is 10.2.